The van der Waals surface area contributed by atoms with Crippen molar-refractivity contribution in [3.63, 3.8) is 0 Å². The average molecular weight is 479 g/mol. The number of ether oxygens (including phenoxy) is 2. The summed E-state index contributed by atoms with van der Waals surface area (Å²) in [5.74, 6) is -1.51. The minimum absolute atomic E-state index is 0.0112. The van der Waals surface area contributed by atoms with Gasteiger partial charge in [-0.05, 0) is 41.5 Å². The second-order valence-electron chi connectivity index (χ2n) is 9.61. The fraction of sp³-hybridized carbons (Fsp3) is 0.444. The molecule has 2 amide bonds. The van der Waals surface area contributed by atoms with Gasteiger partial charge in [0.15, 0.2) is 0 Å². The van der Waals surface area contributed by atoms with Crippen molar-refractivity contribution >= 4 is 18.0 Å². The third kappa shape index (κ3) is 4.50. The van der Waals surface area contributed by atoms with Gasteiger partial charge in [-0.1, -0.05) is 48.5 Å². The maximum absolute atomic E-state index is 13.1. The highest BCUT2D eigenvalue weighted by Crippen LogP contribution is 2.44. The van der Waals surface area contributed by atoms with Crippen molar-refractivity contribution < 1.29 is 29.0 Å². The monoisotopic (exact) mass is 478 g/mol. The van der Waals surface area contributed by atoms with Gasteiger partial charge < -0.3 is 24.8 Å². The number of hydrogen-bond acceptors (Lipinski definition) is 5. The maximum atomic E-state index is 13.1. The lowest BCUT2D eigenvalue weighted by molar-refractivity contribution is -0.149. The van der Waals surface area contributed by atoms with Gasteiger partial charge in [0.2, 0.25) is 5.91 Å². The second-order valence-corrected chi connectivity index (χ2v) is 9.61. The number of alkyl carbamates (subject to hydrolysis) is 1. The molecule has 8 heteroatoms. The van der Waals surface area contributed by atoms with Crippen molar-refractivity contribution in [2.45, 2.75) is 49.8 Å². The predicted molar refractivity (Wildman–Crippen MR) is 128 cm³/mol. The van der Waals surface area contributed by atoms with E-state index in [1.54, 1.807) is 0 Å². The number of benzene rings is 2. The molecule has 184 valence electrons. The number of hydrogen-bond donors (Lipinski definition) is 2. The maximum Gasteiger partial charge on any atom is 0.407 e. The summed E-state index contributed by atoms with van der Waals surface area (Å²) in [5, 5.41) is 12.4. The van der Waals surface area contributed by atoms with E-state index < -0.39 is 18.1 Å². The van der Waals surface area contributed by atoms with Gasteiger partial charge in [-0.2, -0.15) is 0 Å². The topological polar surface area (TPSA) is 105 Å². The number of fused-ring (bicyclic) bond motifs is 3. The van der Waals surface area contributed by atoms with E-state index in [-0.39, 0.29) is 43.0 Å². The molecule has 0 radical (unpaired) electrons. The van der Waals surface area contributed by atoms with Gasteiger partial charge in [-0.15, -0.1) is 0 Å². The number of likely N-dealkylation sites (tertiary alicyclic amines) is 1. The molecule has 0 spiro atoms. The molecular formula is C27H30N2O6. The first kappa shape index (κ1) is 23.4. The Morgan fingerprint density at radius 3 is 2.29 bits per heavy atom. The Kier molecular flexibility index (Phi) is 6.47. The molecular weight excluding hydrogens is 448 g/mol. The number of carbonyl (C=O) groups is 3. The summed E-state index contributed by atoms with van der Waals surface area (Å²) in [4.78, 5) is 38.7. The summed E-state index contributed by atoms with van der Waals surface area (Å²) in [5.41, 5.74) is 4.65. The van der Waals surface area contributed by atoms with Crippen LogP contribution in [0.25, 0.3) is 11.1 Å². The molecule has 4 atom stereocenters. The highest BCUT2D eigenvalue weighted by Gasteiger charge is 2.43. The van der Waals surface area contributed by atoms with E-state index in [0.29, 0.717) is 25.7 Å². The van der Waals surface area contributed by atoms with E-state index in [4.69, 9.17) is 9.47 Å². The molecule has 1 saturated carbocycles. The van der Waals surface area contributed by atoms with Crippen LogP contribution in [0.5, 0.6) is 0 Å². The van der Waals surface area contributed by atoms with Crippen LogP contribution < -0.4 is 5.32 Å². The minimum Gasteiger partial charge on any atom is -0.480 e. The van der Waals surface area contributed by atoms with Crippen LogP contribution in [0, 0.1) is 5.92 Å². The predicted octanol–water partition coefficient (Wildman–Crippen LogP) is 3.39. The van der Waals surface area contributed by atoms with Crippen LogP contribution in [0.1, 0.15) is 42.7 Å². The van der Waals surface area contributed by atoms with Crippen LogP contribution in [-0.4, -0.2) is 66.4 Å². The number of carboxylic acid groups (broad SMARTS) is 1. The first-order chi connectivity index (χ1) is 17.0. The number of aliphatic carboxylic acids is 1. The minimum atomic E-state index is -1.01. The Hall–Kier alpha value is -3.39. The molecule has 2 N–H and O–H groups in total. The quantitative estimate of drug-likeness (QED) is 0.659. The largest absolute Gasteiger partial charge is 0.480 e. The van der Waals surface area contributed by atoms with Crippen molar-refractivity contribution in [1.82, 2.24) is 10.2 Å². The van der Waals surface area contributed by atoms with Crippen LogP contribution in [0.4, 0.5) is 4.79 Å². The van der Waals surface area contributed by atoms with Crippen molar-refractivity contribution in [2.24, 2.45) is 5.92 Å². The van der Waals surface area contributed by atoms with Crippen molar-refractivity contribution in [1.29, 1.82) is 0 Å². The third-order valence-electron chi connectivity index (χ3n) is 7.61. The molecule has 1 aliphatic heterocycles. The molecule has 1 heterocycles. The van der Waals surface area contributed by atoms with Gasteiger partial charge in [0.05, 0.1) is 6.10 Å². The lowest BCUT2D eigenvalue weighted by atomic mass is 9.98. The van der Waals surface area contributed by atoms with Crippen molar-refractivity contribution in [3.8, 4) is 11.1 Å². The molecule has 2 fully saturated rings. The van der Waals surface area contributed by atoms with Gasteiger partial charge in [0, 0.05) is 38.0 Å². The smallest absolute Gasteiger partial charge is 0.407 e. The molecule has 3 aliphatic rings. The Labute approximate surface area is 204 Å². The average Bonchev–Trinajstić information content (AvgIpc) is 3.58. The molecule has 1 saturated heterocycles. The number of nitrogens with zero attached hydrogens (tertiary/aromatic N) is 1. The van der Waals surface area contributed by atoms with Gasteiger partial charge in [0.25, 0.3) is 0 Å². The summed E-state index contributed by atoms with van der Waals surface area (Å²) in [6.45, 7) is 0.523. The van der Waals surface area contributed by atoms with Gasteiger partial charge in [0.1, 0.15) is 12.6 Å². The summed E-state index contributed by atoms with van der Waals surface area (Å²) in [6.07, 6.45) is 1.27. The lowest BCUT2D eigenvalue weighted by Gasteiger charge is -2.24. The normalized spacial score (nSPS) is 25.2. The molecule has 8 nitrogen and oxygen atoms in total. The van der Waals surface area contributed by atoms with Gasteiger partial charge in [-0.3, -0.25) is 4.79 Å². The number of carboxylic acids is 1. The summed E-state index contributed by atoms with van der Waals surface area (Å²) >= 11 is 0. The summed E-state index contributed by atoms with van der Waals surface area (Å²) in [6, 6.07) is 15.3. The Morgan fingerprint density at radius 2 is 1.66 bits per heavy atom. The molecule has 35 heavy (non-hydrogen) atoms. The zero-order chi connectivity index (χ0) is 24.5. The summed E-state index contributed by atoms with van der Waals surface area (Å²) < 4.78 is 10.9. The number of methoxy groups -OCH3 is 1. The highest BCUT2D eigenvalue weighted by atomic mass is 16.5. The van der Waals surface area contributed by atoms with E-state index in [1.165, 1.54) is 23.1 Å². The fourth-order valence-corrected chi connectivity index (χ4v) is 5.82. The Balaban J connectivity index is 1.16. The van der Waals surface area contributed by atoms with Crippen LogP contribution in [0.2, 0.25) is 0 Å². The van der Waals surface area contributed by atoms with Gasteiger partial charge in [-0.25, -0.2) is 9.59 Å². The van der Waals surface area contributed by atoms with E-state index in [0.717, 1.165) is 11.1 Å². The van der Waals surface area contributed by atoms with Crippen molar-refractivity contribution in [3.05, 3.63) is 59.7 Å². The third-order valence-corrected chi connectivity index (χ3v) is 7.61. The number of rotatable bonds is 6. The molecule has 0 aromatic heterocycles. The lowest BCUT2D eigenvalue weighted by Crippen LogP contribution is -2.43. The molecule has 0 bridgehead atoms. The van der Waals surface area contributed by atoms with E-state index in [1.807, 2.05) is 24.3 Å². The van der Waals surface area contributed by atoms with Crippen LogP contribution in [-0.2, 0) is 19.1 Å². The molecule has 2 aliphatic carbocycles. The Morgan fingerprint density at radius 1 is 1.00 bits per heavy atom. The van der Waals surface area contributed by atoms with Crippen LogP contribution >= 0.6 is 0 Å². The molecule has 4 unspecified atom stereocenters. The number of nitrogens with one attached hydrogen (secondary N) is 1. The standard InChI is InChI=1S/C27H30N2O6/c1-34-18-13-24(26(31)32)29(14-18)25(30)16-10-11-17(12-16)28-27(33)35-15-23-21-8-4-2-6-19(21)20-7-3-5-9-22(20)23/h2-9,16-18,23-24H,10-15H2,1H3,(H,28,33)(H,31,32). The number of amides is 2. The SMILES string of the molecule is COC1CC(C(=O)O)N(C(=O)C2CCC(NC(=O)OCC3c4ccccc4-c4ccccc43)C2)C1. The van der Waals surface area contributed by atoms with Crippen LogP contribution in [0.15, 0.2) is 48.5 Å². The van der Waals surface area contributed by atoms with E-state index in [2.05, 4.69) is 29.6 Å². The highest BCUT2D eigenvalue weighted by molar-refractivity contribution is 5.86. The Bertz CT molecular complexity index is 1090. The molecule has 2 aromatic carbocycles. The van der Waals surface area contributed by atoms with Crippen molar-refractivity contribution in [2.75, 3.05) is 20.3 Å². The summed E-state index contributed by atoms with van der Waals surface area (Å²) in [7, 11) is 1.53. The van der Waals surface area contributed by atoms with E-state index in [9.17, 15) is 19.5 Å². The van der Waals surface area contributed by atoms with Gasteiger partial charge >= 0.3 is 12.1 Å². The molecule has 2 aromatic rings. The fourth-order valence-electron chi connectivity index (χ4n) is 5.82. The zero-order valence-corrected chi connectivity index (χ0v) is 19.7. The zero-order valence-electron chi connectivity index (χ0n) is 19.7. The first-order valence-corrected chi connectivity index (χ1v) is 12.1. The van der Waals surface area contributed by atoms with Crippen LogP contribution in [0.3, 0.4) is 0 Å². The van der Waals surface area contributed by atoms with E-state index >= 15 is 0 Å². The second kappa shape index (κ2) is 9.70. The number of carbonyl (C=O) groups excluding carboxylic acids is 2. The first-order valence-electron chi connectivity index (χ1n) is 12.1. The molecule has 5 rings (SSSR count).